The zero-order chi connectivity index (χ0) is 31.1. The molecule has 1 unspecified atom stereocenters. The molecule has 0 amide bonds. The van der Waals surface area contributed by atoms with Crippen molar-refractivity contribution in [3.8, 4) is 17.3 Å². The normalized spacial score (nSPS) is 14.5. The highest BCUT2D eigenvalue weighted by molar-refractivity contribution is 5.92. The molecule has 0 bridgehead atoms. The van der Waals surface area contributed by atoms with E-state index in [4.69, 9.17) is 9.47 Å². The summed E-state index contributed by atoms with van der Waals surface area (Å²) in [4.78, 5) is 23.6. The Hall–Kier alpha value is -4.91. The van der Waals surface area contributed by atoms with E-state index in [2.05, 4.69) is 15.0 Å². The van der Waals surface area contributed by atoms with Gasteiger partial charge in [-0.2, -0.15) is 4.98 Å². The molecule has 1 aliphatic rings. The number of nitrogens with zero attached hydrogens (tertiary/aromatic N) is 4. The van der Waals surface area contributed by atoms with Crippen LogP contribution in [0.4, 0.5) is 22.0 Å². The third kappa shape index (κ3) is 5.70. The summed E-state index contributed by atoms with van der Waals surface area (Å²) in [6.45, 7) is 1.83. The highest BCUT2D eigenvalue weighted by Gasteiger charge is 2.24. The van der Waals surface area contributed by atoms with Gasteiger partial charge in [-0.1, -0.05) is 0 Å². The van der Waals surface area contributed by atoms with Crippen LogP contribution < -0.4 is 4.74 Å². The predicted octanol–water partition coefficient (Wildman–Crippen LogP) is 6.15. The molecule has 1 fully saturated rings. The summed E-state index contributed by atoms with van der Waals surface area (Å²) >= 11 is 0. The fourth-order valence-electron chi connectivity index (χ4n) is 4.90. The number of carboxylic acid groups (broad SMARTS) is 1. The minimum absolute atomic E-state index is 0.0488. The van der Waals surface area contributed by atoms with E-state index in [9.17, 15) is 23.1 Å². The lowest BCUT2D eigenvalue weighted by molar-refractivity contribution is -0.0589. The van der Waals surface area contributed by atoms with Gasteiger partial charge in [-0.15, -0.1) is 0 Å². The van der Waals surface area contributed by atoms with Gasteiger partial charge in [-0.3, -0.25) is 0 Å². The topological polar surface area (TPSA) is 99.4 Å². The van der Waals surface area contributed by atoms with Gasteiger partial charge in [-0.25, -0.2) is 36.7 Å². The Morgan fingerprint density at radius 1 is 0.977 bits per heavy atom. The van der Waals surface area contributed by atoms with E-state index in [-0.39, 0.29) is 34.8 Å². The molecule has 3 aromatic carbocycles. The van der Waals surface area contributed by atoms with Crippen LogP contribution in [0.1, 0.15) is 39.3 Å². The highest BCUT2D eigenvalue weighted by atomic mass is 19.1. The minimum atomic E-state index is -1.12. The molecule has 0 aliphatic carbocycles. The molecular formula is C31H23F5N4O4. The van der Waals surface area contributed by atoms with Crippen molar-refractivity contribution in [2.24, 2.45) is 0 Å². The lowest BCUT2D eigenvalue weighted by Gasteiger charge is -2.27. The molecule has 13 heteroatoms. The van der Waals surface area contributed by atoms with Crippen LogP contribution in [0, 0.1) is 36.0 Å². The molecule has 5 aromatic rings. The van der Waals surface area contributed by atoms with Crippen LogP contribution in [0.2, 0.25) is 0 Å². The number of rotatable bonds is 9. The molecule has 226 valence electrons. The third-order valence-electron chi connectivity index (χ3n) is 7.40. The van der Waals surface area contributed by atoms with Crippen molar-refractivity contribution < 1.29 is 41.3 Å². The molecule has 1 atom stereocenters. The average molecular weight is 611 g/mol. The van der Waals surface area contributed by atoms with E-state index in [0.717, 1.165) is 30.7 Å². The van der Waals surface area contributed by atoms with Crippen LogP contribution >= 0.6 is 0 Å². The van der Waals surface area contributed by atoms with E-state index in [0.29, 0.717) is 36.2 Å². The molecular weight excluding hydrogens is 587 g/mol. The molecule has 0 spiro atoms. The summed E-state index contributed by atoms with van der Waals surface area (Å²) in [5.74, 6) is -5.07. The van der Waals surface area contributed by atoms with Crippen molar-refractivity contribution in [1.29, 1.82) is 0 Å². The van der Waals surface area contributed by atoms with Gasteiger partial charge >= 0.3 is 12.0 Å². The number of ether oxygens (including phenoxy) is 2. The van der Waals surface area contributed by atoms with Gasteiger partial charge in [0.15, 0.2) is 5.82 Å². The summed E-state index contributed by atoms with van der Waals surface area (Å²) in [5, 5.41) is 9.43. The first kappa shape index (κ1) is 29.2. The molecule has 0 saturated carbocycles. The third-order valence-corrected chi connectivity index (χ3v) is 7.40. The van der Waals surface area contributed by atoms with Crippen molar-refractivity contribution in [3.63, 3.8) is 0 Å². The summed E-state index contributed by atoms with van der Waals surface area (Å²) in [5.41, 5.74) is -0.188. The fourth-order valence-corrected chi connectivity index (χ4v) is 4.90. The summed E-state index contributed by atoms with van der Waals surface area (Å²) in [7, 11) is 0. The quantitative estimate of drug-likeness (QED) is 0.200. The smallest absolute Gasteiger partial charge is 0.335 e. The number of halogens is 5. The van der Waals surface area contributed by atoms with Crippen molar-refractivity contribution in [3.05, 3.63) is 106 Å². The zero-order valence-electron chi connectivity index (χ0n) is 23.1. The van der Waals surface area contributed by atoms with E-state index < -0.39 is 58.9 Å². The Bertz CT molecular complexity index is 1930. The SMILES string of the molecule is Cc1cc(F)c(COc2ncc(F)c(-c3cc(F)c(Cc4nc5ccc(C(=O)O)cc5n4CC4CCO4)cc3F)n2)cc1F. The Kier molecular flexibility index (Phi) is 7.72. The first-order valence-electron chi connectivity index (χ1n) is 13.5. The van der Waals surface area contributed by atoms with Crippen LogP contribution in [0.15, 0.2) is 48.7 Å². The predicted molar refractivity (Wildman–Crippen MR) is 147 cm³/mol. The van der Waals surface area contributed by atoms with Gasteiger partial charge < -0.3 is 19.1 Å². The second kappa shape index (κ2) is 11.6. The van der Waals surface area contributed by atoms with Crippen molar-refractivity contribution in [1.82, 2.24) is 19.5 Å². The Morgan fingerprint density at radius 2 is 1.73 bits per heavy atom. The molecule has 0 radical (unpaired) electrons. The maximum absolute atomic E-state index is 15.4. The Labute approximate surface area is 246 Å². The summed E-state index contributed by atoms with van der Waals surface area (Å²) in [6, 6.07) is 7.59. The molecule has 1 aliphatic heterocycles. The van der Waals surface area contributed by atoms with Crippen molar-refractivity contribution in [2.75, 3.05) is 6.61 Å². The standard InChI is InChI=1S/C31H23F5N4O4/c1-15-6-22(33)18(8-21(15)32)14-44-31-37-12-25(36)29(39-31)20-11-23(34)17(7-24(20)35)10-28-38-26-3-2-16(30(41)42)9-27(26)40(28)13-19-4-5-43-19/h2-3,6-9,11-12,19H,4-5,10,13-14H2,1H3,(H,41,42). The fraction of sp³-hybridized carbons (Fsp3) is 0.226. The Balaban J connectivity index is 1.29. The van der Waals surface area contributed by atoms with E-state index >= 15 is 8.78 Å². The Morgan fingerprint density at radius 3 is 2.45 bits per heavy atom. The van der Waals surface area contributed by atoms with Crippen LogP contribution in [-0.4, -0.2) is 43.3 Å². The molecule has 3 heterocycles. The number of hydrogen-bond acceptors (Lipinski definition) is 6. The monoisotopic (exact) mass is 610 g/mol. The minimum Gasteiger partial charge on any atom is -0.478 e. The molecule has 1 saturated heterocycles. The lowest BCUT2D eigenvalue weighted by Crippen LogP contribution is -2.31. The highest BCUT2D eigenvalue weighted by Crippen LogP contribution is 2.30. The van der Waals surface area contributed by atoms with Gasteiger partial charge in [0.05, 0.1) is 35.4 Å². The van der Waals surface area contributed by atoms with Gasteiger partial charge in [-0.05, 0) is 66.9 Å². The van der Waals surface area contributed by atoms with E-state index in [1.165, 1.54) is 19.1 Å². The maximum atomic E-state index is 15.4. The van der Waals surface area contributed by atoms with E-state index in [1.54, 1.807) is 10.6 Å². The zero-order valence-corrected chi connectivity index (χ0v) is 23.1. The van der Waals surface area contributed by atoms with Crippen LogP contribution in [0.3, 0.4) is 0 Å². The first-order valence-corrected chi connectivity index (χ1v) is 13.5. The second-order valence-electron chi connectivity index (χ2n) is 10.4. The molecule has 2 aromatic heterocycles. The van der Waals surface area contributed by atoms with Crippen LogP contribution in [0.5, 0.6) is 6.01 Å². The number of benzene rings is 3. The molecule has 6 rings (SSSR count). The van der Waals surface area contributed by atoms with Gasteiger partial charge in [0.1, 0.15) is 41.4 Å². The molecule has 44 heavy (non-hydrogen) atoms. The number of aromatic nitrogens is 4. The first-order chi connectivity index (χ1) is 21.1. The summed E-state index contributed by atoms with van der Waals surface area (Å²) < 4.78 is 86.1. The number of carbonyl (C=O) groups is 1. The van der Waals surface area contributed by atoms with Gasteiger partial charge in [0, 0.05) is 24.2 Å². The van der Waals surface area contributed by atoms with Gasteiger partial charge in [0.25, 0.3) is 0 Å². The number of hydrogen-bond donors (Lipinski definition) is 1. The molecule has 8 nitrogen and oxygen atoms in total. The van der Waals surface area contributed by atoms with E-state index in [1.807, 2.05) is 0 Å². The molecule has 1 N–H and O–H groups in total. The number of aromatic carboxylic acids is 1. The second-order valence-corrected chi connectivity index (χ2v) is 10.4. The maximum Gasteiger partial charge on any atom is 0.335 e. The number of fused-ring (bicyclic) bond motifs is 1. The van der Waals surface area contributed by atoms with Crippen LogP contribution in [0.25, 0.3) is 22.3 Å². The van der Waals surface area contributed by atoms with Crippen molar-refractivity contribution >= 4 is 17.0 Å². The summed E-state index contributed by atoms with van der Waals surface area (Å²) in [6.07, 6.45) is 1.18. The largest absolute Gasteiger partial charge is 0.478 e. The van der Waals surface area contributed by atoms with Crippen LogP contribution in [-0.2, 0) is 24.3 Å². The number of imidazole rings is 1. The average Bonchev–Trinajstić information content (AvgIpc) is 3.30. The van der Waals surface area contributed by atoms with Crippen molar-refractivity contribution in [2.45, 2.75) is 39.0 Å². The number of carboxylic acids is 1. The van der Waals surface area contributed by atoms with Gasteiger partial charge in [0.2, 0.25) is 0 Å². The lowest BCUT2D eigenvalue weighted by atomic mass is 10.0. The number of aryl methyl sites for hydroxylation is 1.